The van der Waals surface area contributed by atoms with Crippen LogP contribution in [0.2, 0.25) is 0 Å². The molecule has 6 nitrogen and oxygen atoms in total. The number of nitrogens with zero attached hydrogens (tertiary/aromatic N) is 1. The highest BCUT2D eigenvalue weighted by atomic mass is 32.2. The SMILES string of the molecule is CCNC(=NCc1ccccc1CS(=O)(=O)NC(C)C)NC(C)C(C)C. The molecule has 0 heterocycles. The van der Waals surface area contributed by atoms with E-state index in [0.717, 1.165) is 23.6 Å². The van der Waals surface area contributed by atoms with Gasteiger partial charge in [-0.1, -0.05) is 38.1 Å². The molecule has 0 aliphatic rings. The van der Waals surface area contributed by atoms with Gasteiger partial charge < -0.3 is 10.6 Å². The standard InChI is InChI=1S/C19H34N4O2S/c1-7-20-19(22-16(6)14(2)3)21-12-17-10-8-9-11-18(17)13-26(24,25)23-15(4)5/h8-11,14-16,23H,7,12-13H2,1-6H3,(H2,20,21,22). The Hall–Kier alpha value is -1.60. The Morgan fingerprint density at radius 1 is 1.08 bits per heavy atom. The van der Waals surface area contributed by atoms with Crippen LogP contribution in [0.3, 0.4) is 0 Å². The van der Waals surface area contributed by atoms with Crippen molar-refractivity contribution in [2.45, 2.75) is 65.9 Å². The number of hydrogen-bond donors (Lipinski definition) is 3. The Bertz CT molecular complexity index is 685. The fraction of sp³-hybridized carbons (Fsp3) is 0.632. The molecule has 0 aromatic heterocycles. The maximum atomic E-state index is 12.3. The third kappa shape index (κ3) is 8.19. The minimum atomic E-state index is -3.37. The summed E-state index contributed by atoms with van der Waals surface area (Å²) in [4.78, 5) is 4.64. The summed E-state index contributed by atoms with van der Waals surface area (Å²) >= 11 is 0. The predicted molar refractivity (Wildman–Crippen MR) is 110 cm³/mol. The summed E-state index contributed by atoms with van der Waals surface area (Å²) in [5.74, 6) is 1.19. The molecular formula is C19H34N4O2S. The van der Waals surface area contributed by atoms with Gasteiger partial charge in [-0.2, -0.15) is 0 Å². The highest BCUT2D eigenvalue weighted by molar-refractivity contribution is 7.88. The second-order valence-electron chi connectivity index (χ2n) is 7.17. The van der Waals surface area contributed by atoms with E-state index in [4.69, 9.17) is 0 Å². The molecule has 1 atom stereocenters. The van der Waals surface area contributed by atoms with E-state index in [-0.39, 0.29) is 11.8 Å². The third-order valence-electron chi connectivity index (χ3n) is 4.00. The number of benzene rings is 1. The highest BCUT2D eigenvalue weighted by Crippen LogP contribution is 2.14. The summed E-state index contributed by atoms with van der Waals surface area (Å²) in [5, 5.41) is 6.63. The molecule has 0 aliphatic carbocycles. The van der Waals surface area contributed by atoms with E-state index in [1.807, 2.05) is 45.0 Å². The van der Waals surface area contributed by atoms with E-state index in [1.165, 1.54) is 0 Å². The molecule has 0 fully saturated rings. The van der Waals surface area contributed by atoms with Gasteiger partial charge in [0.15, 0.2) is 5.96 Å². The average Bonchev–Trinajstić information content (AvgIpc) is 2.52. The number of guanidine groups is 1. The number of nitrogens with one attached hydrogen (secondary N) is 3. The van der Waals surface area contributed by atoms with Gasteiger partial charge in [-0.3, -0.25) is 0 Å². The van der Waals surface area contributed by atoms with E-state index in [2.05, 4.69) is 41.1 Å². The van der Waals surface area contributed by atoms with Gasteiger partial charge in [0.1, 0.15) is 0 Å². The Morgan fingerprint density at radius 3 is 2.23 bits per heavy atom. The molecule has 7 heteroatoms. The maximum Gasteiger partial charge on any atom is 0.216 e. The first-order chi connectivity index (χ1) is 12.1. The second-order valence-corrected chi connectivity index (χ2v) is 8.93. The molecule has 1 unspecified atom stereocenters. The van der Waals surface area contributed by atoms with Gasteiger partial charge in [0.2, 0.25) is 10.0 Å². The summed E-state index contributed by atoms with van der Waals surface area (Å²) < 4.78 is 27.1. The third-order valence-corrected chi connectivity index (χ3v) is 5.52. The summed E-state index contributed by atoms with van der Waals surface area (Å²) in [6.45, 7) is 13.3. The molecule has 0 amide bonds. The lowest BCUT2D eigenvalue weighted by Gasteiger charge is -2.21. The second kappa shape index (κ2) is 10.5. The molecule has 0 bridgehead atoms. The number of aliphatic imine (C=N–C) groups is 1. The minimum absolute atomic E-state index is 0.0385. The van der Waals surface area contributed by atoms with Crippen LogP contribution in [-0.2, 0) is 22.3 Å². The number of sulfonamides is 1. The van der Waals surface area contributed by atoms with Gasteiger partial charge in [0.25, 0.3) is 0 Å². The van der Waals surface area contributed by atoms with E-state index >= 15 is 0 Å². The Kier molecular flexibility index (Phi) is 9.08. The summed E-state index contributed by atoms with van der Waals surface area (Å²) in [5.41, 5.74) is 1.69. The number of rotatable bonds is 9. The average molecular weight is 383 g/mol. The first-order valence-electron chi connectivity index (χ1n) is 9.26. The van der Waals surface area contributed by atoms with Crippen LogP contribution in [0.4, 0.5) is 0 Å². The Morgan fingerprint density at radius 2 is 1.69 bits per heavy atom. The fourth-order valence-electron chi connectivity index (χ4n) is 2.32. The molecule has 3 N–H and O–H groups in total. The van der Waals surface area contributed by atoms with Crippen molar-refractivity contribution in [3.63, 3.8) is 0 Å². The van der Waals surface area contributed by atoms with Crippen LogP contribution in [0.5, 0.6) is 0 Å². The first kappa shape index (κ1) is 22.4. The van der Waals surface area contributed by atoms with Crippen molar-refractivity contribution in [2.75, 3.05) is 6.54 Å². The van der Waals surface area contributed by atoms with Crippen molar-refractivity contribution >= 4 is 16.0 Å². The summed E-state index contributed by atoms with van der Waals surface area (Å²) in [7, 11) is -3.37. The zero-order valence-electron chi connectivity index (χ0n) is 16.8. The van der Waals surface area contributed by atoms with Crippen molar-refractivity contribution in [1.29, 1.82) is 0 Å². The van der Waals surface area contributed by atoms with Gasteiger partial charge in [0, 0.05) is 18.6 Å². The zero-order chi connectivity index (χ0) is 19.7. The van der Waals surface area contributed by atoms with Crippen LogP contribution in [0.1, 0.15) is 52.7 Å². The van der Waals surface area contributed by atoms with Crippen molar-refractivity contribution in [1.82, 2.24) is 15.4 Å². The highest BCUT2D eigenvalue weighted by Gasteiger charge is 2.15. The van der Waals surface area contributed by atoms with Crippen LogP contribution < -0.4 is 15.4 Å². The molecule has 0 saturated carbocycles. The normalized spacial score (nSPS) is 13.9. The van der Waals surface area contributed by atoms with Gasteiger partial charge in [-0.05, 0) is 44.7 Å². The van der Waals surface area contributed by atoms with Crippen LogP contribution in [-0.4, -0.2) is 33.0 Å². The van der Waals surface area contributed by atoms with Crippen molar-refractivity contribution < 1.29 is 8.42 Å². The van der Waals surface area contributed by atoms with Gasteiger partial charge in [0.05, 0.1) is 12.3 Å². The topological polar surface area (TPSA) is 82.6 Å². The molecule has 148 valence electrons. The van der Waals surface area contributed by atoms with Crippen LogP contribution >= 0.6 is 0 Å². The van der Waals surface area contributed by atoms with E-state index < -0.39 is 10.0 Å². The monoisotopic (exact) mass is 382 g/mol. The summed E-state index contributed by atoms with van der Waals surface area (Å²) in [6.07, 6.45) is 0. The van der Waals surface area contributed by atoms with Crippen LogP contribution in [0.25, 0.3) is 0 Å². The van der Waals surface area contributed by atoms with Crippen molar-refractivity contribution in [3.8, 4) is 0 Å². The molecule has 1 aromatic rings. The molecule has 0 saturated heterocycles. The molecule has 1 aromatic carbocycles. The Labute approximate surface area is 158 Å². The molecular weight excluding hydrogens is 348 g/mol. The molecule has 26 heavy (non-hydrogen) atoms. The summed E-state index contributed by atoms with van der Waals surface area (Å²) in [6, 6.07) is 7.72. The van der Waals surface area contributed by atoms with E-state index in [0.29, 0.717) is 18.5 Å². The molecule has 1 rings (SSSR count). The smallest absolute Gasteiger partial charge is 0.216 e. The lowest BCUT2D eigenvalue weighted by molar-refractivity contribution is 0.481. The largest absolute Gasteiger partial charge is 0.357 e. The lowest BCUT2D eigenvalue weighted by atomic mass is 10.1. The van der Waals surface area contributed by atoms with Gasteiger partial charge >= 0.3 is 0 Å². The minimum Gasteiger partial charge on any atom is -0.357 e. The fourth-order valence-corrected chi connectivity index (χ4v) is 3.82. The number of hydrogen-bond acceptors (Lipinski definition) is 3. The van der Waals surface area contributed by atoms with Crippen molar-refractivity contribution in [3.05, 3.63) is 35.4 Å². The van der Waals surface area contributed by atoms with Crippen LogP contribution in [0, 0.1) is 5.92 Å². The van der Waals surface area contributed by atoms with E-state index in [9.17, 15) is 8.42 Å². The van der Waals surface area contributed by atoms with Crippen LogP contribution in [0.15, 0.2) is 29.3 Å². The lowest BCUT2D eigenvalue weighted by Crippen LogP contribution is -2.44. The quantitative estimate of drug-likeness (QED) is 0.453. The Balaban J connectivity index is 2.94. The van der Waals surface area contributed by atoms with Crippen molar-refractivity contribution in [2.24, 2.45) is 10.9 Å². The molecule has 0 radical (unpaired) electrons. The zero-order valence-corrected chi connectivity index (χ0v) is 17.7. The maximum absolute atomic E-state index is 12.3. The predicted octanol–water partition coefficient (Wildman–Crippen LogP) is 2.61. The molecule has 0 spiro atoms. The van der Waals surface area contributed by atoms with Gasteiger partial charge in [-0.25, -0.2) is 18.1 Å². The first-order valence-corrected chi connectivity index (χ1v) is 10.9. The van der Waals surface area contributed by atoms with E-state index in [1.54, 1.807) is 0 Å². The molecule has 0 aliphatic heterocycles. The van der Waals surface area contributed by atoms with Gasteiger partial charge in [-0.15, -0.1) is 0 Å².